The van der Waals surface area contributed by atoms with E-state index in [0.29, 0.717) is 17.9 Å². The first-order valence-corrected chi connectivity index (χ1v) is 9.63. The Morgan fingerprint density at radius 2 is 2.12 bits per heavy atom. The monoisotopic (exact) mass is 374 g/mol. The van der Waals surface area contributed by atoms with E-state index in [1.165, 1.54) is 12.1 Å². The summed E-state index contributed by atoms with van der Waals surface area (Å²) >= 11 is 1.69. The molecule has 1 N–H and O–H groups in total. The fraction of sp³-hybridized carbons (Fsp3) is 0.350. The van der Waals surface area contributed by atoms with Gasteiger partial charge in [-0.15, -0.1) is 11.8 Å². The zero-order valence-electron chi connectivity index (χ0n) is 15.0. The van der Waals surface area contributed by atoms with E-state index in [1.54, 1.807) is 30.0 Å². The van der Waals surface area contributed by atoms with Gasteiger partial charge < -0.3 is 15.0 Å². The van der Waals surface area contributed by atoms with Crippen molar-refractivity contribution in [3.8, 4) is 5.75 Å². The van der Waals surface area contributed by atoms with Crippen LogP contribution in [0.1, 0.15) is 28.4 Å². The van der Waals surface area contributed by atoms with Crippen molar-refractivity contribution in [3.05, 3.63) is 59.4 Å². The van der Waals surface area contributed by atoms with Crippen LogP contribution >= 0.6 is 11.8 Å². The third kappa shape index (κ3) is 4.56. The third-order valence-corrected chi connectivity index (χ3v) is 5.37. The van der Waals surface area contributed by atoms with Gasteiger partial charge in [0.25, 0.3) is 5.91 Å². The Balaban J connectivity index is 1.74. The molecule has 138 valence electrons. The number of benzene rings is 2. The number of halogens is 1. The number of ether oxygens (including phenoxy) is 1. The molecule has 6 heteroatoms. The van der Waals surface area contributed by atoms with Crippen LogP contribution in [0.5, 0.6) is 5.75 Å². The summed E-state index contributed by atoms with van der Waals surface area (Å²) in [6, 6.07) is 11.8. The van der Waals surface area contributed by atoms with Crippen LogP contribution in [0.3, 0.4) is 0 Å². The second-order valence-electron chi connectivity index (χ2n) is 6.49. The lowest BCUT2D eigenvalue weighted by atomic mass is 10.0. The topological polar surface area (TPSA) is 41.6 Å². The number of para-hydroxylation sites is 1. The van der Waals surface area contributed by atoms with Crippen molar-refractivity contribution in [2.45, 2.75) is 17.4 Å². The smallest absolute Gasteiger partial charge is 0.255 e. The van der Waals surface area contributed by atoms with Gasteiger partial charge >= 0.3 is 0 Å². The molecule has 0 fully saturated rings. The first kappa shape index (κ1) is 18.7. The summed E-state index contributed by atoms with van der Waals surface area (Å²) in [6.45, 7) is 1.27. The standard InChI is InChI=1S/C20H23FN2O2S/c1-23(2)10-11-25-18-6-4-3-5-15(18)20(24)22-17-9-12-26-19-8-7-14(21)13-16(17)19/h3-8,13,17H,9-12H2,1-2H3,(H,22,24). The number of rotatable bonds is 6. The number of amides is 1. The van der Waals surface area contributed by atoms with Crippen molar-refractivity contribution >= 4 is 17.7 Å². The summed E-state index contributed by atoms with van der Waals surface area (Å²) in [5.74, 6) is 0.983. The molecule has 0 saturated carbocycles. The highest BCUT2D eigenvalue weighted by molar-refractivity contribution is 7.99. The number of carbonyl (C=O) groups is 1. The van der Waals surface area contributed by atoms with E-state index in [2.05, 4.69) is 5.32 Å². The molecule has 0 saturated heterocycles. The minimum absolute atomic E-state index is 0.190. The fourth-order valence-electron chi connectivity index (χ4n) is 2.87. The molecule has 1 amide bonds. The second kappa shape index (κ2) is 8.56. The van der Waals surface area contributed by atoms with Crippen LogP contribution < -0.4 is 10.1 Å². The van der Waals surface area contributed by atoms with Gasteiger partial charge in [-0.3, -0.25) is 4.79 Å². The molecule has 0 aromatic heterocycles. The highest BCUT2D eigenvalue weighted by Crippen LogP contribution is 2.36. The Morgan fingerprint density at radius 1 is 1.31 bits per heavy atom. The van der Waals surface area contributed by atoms with Gasteiger partial charge in [0.1, 0.15) is 18.2 Å². The van der Waals surface area contributed by atoms with E-state index >= 15 is 0 Å². The molecule has 1 atom stereocenters. The molecule has 2 aromatic carbocycles. The van der Waals surface area contributed by atoms with E-state index in [0.717, 1.165) is 29.2 Å². The lowest BCUT2D eigenvalue weighted by molar-refractivity contribution is 0.0930. The average molecular weight is 374 g/mol. The number of hydrogen-bond donors (Lipinski definition) is 1. The maximum Gasteiger partial charge on any atom is 0.255 e. The molecule has 1 aliphatic heterocycles. The van der Waals surface area contributed by atoms with E-state index in [-0.39, 0.29) is 17.8 Å². The summed E-state index contributed by atoms with van der Waals surface area (Å²) in [5, 5.41) is 3.05. The van der Waals surface area contributed by atoms with E-state index < -0.39 is 0 Å². The van der Waals surface area contributed by atoms with Crippen LogP contribution in [-0.4, -0.2) is 43.8 Å². The largest absolute Gasteiger partial charge is 0.491 e. The number of fused-ring (bicyclic) bond motifs is 1. The molecule has 3 rings (SSSR count). The van der Waals surface area contributed by atoms with Gasteiger partial charge in [-0.05, 0) is 56.4 Å². The molecule has 4 nitrogen and oxygen atoms in total. The molecule has 1 unspecified atom stereocenters. The number of nitrogens with one attached hydrogen (secondary N) is 1. The van der Waals surface area contributed by atoms with E-state index in [4.69, 9.17) is 4.74 Å². The molecule has 2 aromatic rings. The molecule has 0 bridgehead atoms. The van der Waals surface area contributed by atoms with Gasteiger partial charge in [0.2, 0.25) is 0 Å². The molecule has 1 heterocycles. The second-order valence-corrected chi connectivity index (χ2v) is 7.63. The summed E-state index contributed by atoms with van der Waals surface area (Å²) in [5.41, 5.74) is 1.35. The van der Waals surface area contributed by atoms with E-state index in [9.17, 15) is 9.18 Å². The fourth-order valence-corrected chi connectivity index (χ4v) is 3.98. The maximum atomic E-state index is 13.7. The van der Waals surface area contributed by atoms with Gasteiger partial charge in [-0.1, -0.05) is 12.1 Å². The zero-order chi connectivity index (χ0) is 18.5. The average Bonchev–Trinajstić information content (AvgIpc) is 2.62. The van der Waals surface area contributed by atoms with Gasteiger partial charge in [0, 0.05) is 17.2 Å². The lowest BCUT2D eigenvalue weighted by Crippen LogP contribution is -2.31. The predicted octanol–water partition coefficient (Wildman–Crippen LogP) is 3.73. The highest BCUT2D eigenvalue weighted by Gasteiger charge is 2.24. The van der Waals surface area contributed by atoms with Gasteiger partial charge in [-0.2, -0.15) is 0 Å². The molecular weight excluding hydrogens is 351 g/mol. The van der Waals surface area contributed by atoms with Crippen molar-refractivity contribution in [2.75, 3.05) is 33.0 Å². The number of nitrogens with zero attached hydrogens (tertiary/aromatic N) is 1. The number of carbonyl (C=O) groups excluding carboxylic acids is 1. The van der Waals surface area contributed by atoms with E-state index in [1.807, 2.05) is 31.1 Å². The highest BCUT2D eigenvalue weighted by atomic mass is 32.2. The first-order valence-electron chi connectivity index (χ1n) is 8.64. The SMILES string of the molecule is CN(C)CCOc1ccccc1C(=O)NC1CCSc2ccc(F)cc21. The van der Waals surface area contributed by atoms with Crippen LogP contribution in [-0.2, 0) is 0 Å². The van der Waals surface area contributed by atoms with Crippen LogP contribution in [0, 0.1) is 5.82 Å². The number of thioether (sulfide) groups is 1. The Hall–Kier alpha value is -2.05. The minimum Gasteiger partial charge on any atom is -0.491 e. The number of likely N-dealkylation sites (N-methyl/N-ethyl adjacent to an activating group) is 1. The molecule has 0 aliphatic carbocycles. The normalized spacial score (nSPS) is 16.2. The quantitative estimate of drug-likeness (QED) is 0.837. The summed E-state index contributed by atoms with van der Waals surface area (Å²) in [6.07, 6.45) is 0.774. The predicted molar refractivity (Wildman–Crippen MR) is 102 cm³/mol. The van der Waals surface area contributed by atoms with Crippen molar-refractivity contribution in [2.24, 2.45) is 0 Å². The van der Waals surface area contributed by atoms with Gasteiger partial charge in [0.05, 0.1) is 11.6 Å². The molecule has 1 aliphatic rings. The summed E-state index contributed by atoms with van der Waals surface area (Å²) < 4.78 is 19.4. The van der Waals surface area contributed by atoms with Crippen molar-refractivity contribution < 1.29 is 13.9 Å². The Morgan fingerprint density at radius 3 is 2.92 bits per heavy atom. The van der Waals surface area contributed by atoms with Gasteiger partial charge in [-0.25, -0.2) is 4.39 Å². The van der Waals surface area contributed by atoms with Gasteiger partial charge in [0.15, 0.2) is 0 Å². The van der Waals surface area contributed by atoms with Crippen LogP contribution in [0.2, 0.25) is 0 Å². The molecule has 0 spiro atoms. The maximum absolute atomic E-state index is 13.7. The minimum atomic E-state index is -0.280. The van der Waals surface area contributed by atoms with Crippen molar-refractivity contribution in [1.82, 2.24) is 10.2 Å². The Kier molecular flexibility index (Phi) is 6.16. The molecular formula is C20H23FN2O2S. The Labute approximate surface area is 157 Å². The first-order chi connectivity index (χ1) is 12.5. The molecule has 26 heavy (non-hydrogen) atoms. The van der Waals surface area contributed by atoms with Crippen LogP contribution in [0.25, 0.3) is 0 Å². The van der Waals surface area contributed by atoms with Crippen LogP contribution in [0.4, 0.5) is 4.39 Å². The third-order valence-electron chi connectivity index (χ3n) is 4.24. The zero-order valence-corrected chi connectivity index (χ0v) is 15.8. The molecule has 0 radical (unpaired) electrons. The summed E-state index contributed by atoms with van der Waals surface area (Å²) in [4.78, 5) is 15.9. The van der Waals surface area contributed by atoms with Crippen molar-refractivity contribution in [3.63, 3.8) is 0 Å². The summed E-state index contributed by atoms with van der Waals surface area (Å²) in [7, 11) is 3.94. The number of hydrogen-bond acceptors (Lipinski definition) is 4. The Bertz CT molecular complexity index is 782. The lowest BCUT2D eigenvalue weighted by Gasteiger charge is -2.26. The van der Waals surface area contributed by atoms with Crippen LogP contribution in [0.15, 0.2) is 47.4 Å². The van der Waals surface area contributed by atoms with Crippen molar-refractivity contribution in [1.29, 1.82) is 0 Å².